The van der Waals surface area contributed by atoms with Gasteiger partial charge in [0.15, 0.2) is 0 Å². The Balaban J connectivity index is 1.75. The number of rotatable bonds is 1. The van der Waals surface area contributed by atoms with Crippen LogP contribution in [0.3, 0.4) is 0 Å². The van der Waals surface area contributed by atoms with Crippen molar-refractivity contribution in [2.75, 3.05) is 24.6 Å². The second-order valence-electron chi connectivity index (χ2n) is 4.82. The lowest BCUT2D eigenvalue weighted by atomic mass is 9.88. The smallest absolute Gasteiger partial charge is 0.252 e. The first-order valence-electron chi connectivity index (χ1n) is 6.24. The van der Waals surface area contributed by atoms with Gasteiger partial charge in [-0.3, -0.25) is 4.79 Å². The third-order valence-electron chi connectivity index (χ3n) is 3.70. The van der Waals surface area contributed by atoms with Gasteiger partial charge < -0.3 is 14.6 Å². The summed E-state index contributed by atoms with van der Waals surface area (Å²) < 4.78 is 5.77. The molecule has 0 saturated carbocycles. The van der Waals surface area contributed by atoms with E-state index >= 15 is 0 Å². The van der Waals surface area contributed by atoms with Gasteiger partial charge in [-0.25, -0.2) is 4.98 Å². The zero-order chi connectivity index (χ0) is 11.7. The van der Waals surface area contributed by atoms with E-state index in [0.717, 1.165) is 38.4 Å². The van der Waals surface area contributed by atoms with E-state index in [2.05, 4.69) is 14.9 Å². The SMILES string of the molecule is O=c1cc(N2CCC3OCCCC3C2)nc[nH]1. The summed E-state index contributed by atoms with van der Waals surface area (Å²) in [6, 6.07) is 1.57. The molecule has 2 unspecified atom stereocenters. The molecule has 5 heteroatoms. The Kier molecular flexibility index (Phi) is 2.84. The molecule has 17 heavy (non-hydrogen) atoms. The minimum absolute atomic E-state index is 0.0861. The number of nitrogens with one attached hydrogen (secondary N) is 1. The largest absolute Gasteiger partial charge is 0.378 e. The number of H-pyrrole nitrogens is 1. The van der Waals surface area contributed by atoms with Crippen LogP contribution in [0.4, 0.5) is 5.82 Å². The van der Waals surface area contributed by atoms with Crippen molar-refractivity contribution in [1.82, 2.24) is 9.97 Å². The molecule has 1 N–H and O–H groups in total. The van der Waals surface area contributed by atoms with E-state index in [9.17, 15) is 4.79 Å². The molecule has 0 aromatic carbocycles. The summed E-state index contributed by atoms with van der Waals surface area (Å²) in [6.45, 7) is 2.79. The van der Waals surface area contributed by atoms with Crippen LogP contribution < -0.4 is 10.5 Å². The van der Waals surface area contributed by atoms with Gasteiger partial charge in [0.1, 0.15) is 5.82 Å². The van der Waals surface area contributed by atoms with Crippen LogP contribution in [0, 0.1) is 5.92 Å². The first kappa shape index (κ1) is 10.8. The van der Waals surface area contributed by atoms with Gasteiger partial charge in [-0.05, 0) is 19.3 Å². The molecule has 0 bridgehead atoms. The summed E-state index contributed by atoms with van der Waals surface area (Å²) in [5.74, 6) is 1.39. The second kappa shape index (κ2) is 4.49. The minimum atomic E-state index is -0.0861. The van der Waals surface area contributed by atoms with E-state index < -0.39 is 0 Å². The van der Waals surface area contributed by atoms with Gasteiger partial charge in [-0.2, -0.15) is 0 Å². The van der Waals surface area contributed by atoms with E-state index in [1.54, 1.807) is 6.07 Å². The van der Waals surface area contributed by atoms with Crippen LogP contribution in [-0.2, 0) is 4.74 Å². The molecule has 0 aliphatic carbocycles. The topological polar surface area (TPSA) is 58.2 Å². The maximum absolute atomic E-state index is 11.3. The van der Waals surface area contributed by atoms with Crippen molar-refractivity contribution in [1.29, 1.82) is 0 Å². The lowest BCUT2D eigenvalue weighted by molar-refractivity contribution is -0.0358. The van der Waals surface area contributed by atoms with Gasteiger partial charge in [0.2, 0.25) is 0 Å². The van der Waals surface area contributed by atoms with E-state index in [-0.39, 0.29) is 5.56 Å². The van der Waals surface area contributed by atoms with E-state index in [0.29, 0.717) is 12.0 Å². The number of aromatic nitrogens is 2. The van der Waals surface area contributed by atoms with Crippen molar-refractivity contribution in [3.63, 3.8) is 0 Å². The van der Waals surface area contributed by atoms with Crippen LogP contribution in [-0.4, -0.2) is 35.8 Å². The zero-order valence-corrected chi connectivity index (χ0v) is 9.76. The monoisotopic (exact) mass is 235 g/mol. The highest BCUT2D eigenvalue weighted by Gasteiger charge is 2.32. The molecule has 3 rings (SSSR count). The van der Waals surface area contributed by atoms with Crippen LogP contribution in [0.1, 0.15) is 19.3 Å². The molecule has 2 fully saturated rings. The van der Waals surface area contributed by atoms with Crippen molar-refractivity contribution in [3.8, 4) is 0 Å². The highest BCUT2D eigenvalue weighted by molar-refractivity contribution is 5.37. The molecule has 2 aliphatic heterocycles. The Morgan fingerprint density at radius 2 is 2.41 bits per heavy atom. The summed E-state index contributed by atoms with van der Waals surface area (Å²) in [5, 5.41) is 0. The molecule has 1 aromatic heterocycles. The van der Waals surface area contributed by atoms with Crippen molar-refractivity contribution in [2.24, 2.45) is 5.92 Å². The molecule has 1 aromatic rings. The van der Waals surface area contributed by atoms with Crippen LogP contribution >= 0.6 is 0 Å². The quantitative estimate of drug-likeness (QED) is 0.781. The highest BCUT2D eigenvalue weighted by atomic mass is 16.5. The Bertz CT molecular complexity index is 445. The Morgan fingerprint density at radius 3 is 3.29 bits per heavy atom. The number of anilines is 1. The van der Waals surface area contributed by atoms with Crippen molar-refractivity contribution in [2.45, 2.75) is 25.4 Å². The molecule has 0 spiro atoms. The van der Waals surface area contributed by atoms with Crippen molar-refractivity contribution < 1.29 is 4.74 Å². The first-order chi connectivity index (χ1) is 8.33. The molecular weight excluding hydrogens is 218 g/mol. The molecular formula is C12H17N3O2. The van der Waals surface area contributed by atoms with Gasteiger partial charge in [-0.15, -0.1) is 0 Å². The average Bonchev–Trinajstić information content (AvgIpc) is 2.38. The Morgan fingerprint density at radius 1 is 1.47 bits per heavy atom. The van der Waals surface area contributed by atoms with Crippen LogP contribution in [0.25, 0.3) is 0 Å². The summed E-state index contributed by atoms with van der Waals surface area (Å²) in [4.78, 5) is 20.2. The molecule has 2 atom stereocenters. The Labute approximate surface area is 99.8 Å². The zero-order valence-electron chi connectivity index (χ0n) is 9.76. The fourth-order valence-corrected chi connectivity index (χ4v) is 2.83. The lowest BCUT2D eigenvalue weighted by Gasteiger charge is -2.41. The Hall–Kier alpha value is -1.36. The second-order valence-corrected chi connectivity index (χ2v) is 4.82. The number of piperidine rings is 1. The molecule has 3 heterocycles. The fraction of sp³-hybridized carbons (Fsp3) is 0.667. The lowest BCUT2D eigenvalue weighted by Crippen LogP contribution is -2.46. The summed E-state index contributed by atoms with van der Waals surface area (Å²) >= 11 is 0. The standard InChI is InChI=1S/C12H17N3O2/c16-12-6-11(13-8-14-12)15-4-3-10-9(7-15)2-1-5-17-10/h6,8-10H,1-5,7H2,(H,13,14,16). The summed E-state index contributed by atoms with van der Waals surface area (Å²) in [5.41, 5.74) is -0.0861. The number of hydrogen-bond acceptors (Lipinski definition) is 4. The third-order valence-corrected chi connectivity index (χ3v) is 3.70. The fourth-order valence-electron chi connectivity index (χ4n) is 2.83. The average molecular weight is 235 g/mol. The van der Waals surface area contributed by atoms with Gasteiger partial charge in [0.05, 0.1) is 12.4 Å². The van der Waals surface area contributed by atoms with Gasteiger partial charge in [0.25, 0.3) is 5.56 Å². The molecule has 2 saturated heterocycles. The molecule has 5 nitrogen and oxygen atoms in total. The number of aromatic amines is 1. The van der Waals surface area contributed by atoms with E-state index in [1.807, 2.05) is 0 Å². The first-order valence-corrected chi connectivity index (χ1v) is 6.24. The molecule has 2 aliphatic rings. The van der Waals surface area contributed by atoms with Crippen LogP contribution in [0.2, 0.25) is 0 Å². The number of ether oxygens (including phenoxy) is 1. The highest BCUT2D eigenvalue weighted by Crippen LogP contribution is 2.29. The number of fused-ring (bicyclic) bond motifs is 1. The van der Waals surface area contributed by atoms with Crippen molar-refractivity contribution in [3.05, 3.63) is 22.7 Å². The van der Waals surface area contributed by atoms with Crippen LogP contribution in [0.15, 0.2) is 17.2 Å². The molecule has 0 radical (unpaired) electrons. The molecule has 0 amide bonds. The van der Waals surface area contributed by atoms with Gasteiger partial charge in [0, 0.05) is 31.7 Å². The normalized spacial score (nSPS) is 28.8. The predicted molar refractivity (Wildman–Crippen MR) is 64.2 cm³/mol. The maximum Gasteiger partial charge on any atom is 0.252 e. The summed E-state index contributed by atoms with van der Waals surface area (Å²) in [7, 11) is 0. The predicted octanol–water partition coefficient (Wildman–Crippen LogP) is 0.775. The van der Waals surface area contributed by atoms with Gasteiger partial charge in [-0.1, -0.05) is 0 Å². The van der Waals surface area contributed by atoms with Crippen LogP contribution in [0.5, 0.6) is 0 Å². The molecule has 92 valence electrons. The van der Waals surface area contributed by atoms with Crippen molar-refractivity contribution >= 4 is 5.82 Å². The number of hydrogen-bond donors (Lipinski definition) is 1. The third kappa shape index (κ3) is 2.20. The number of nitrogens with zero attached hydrogens (tertiary/aromatic N) is 2. The summed E-state index contributed by atoms with van der Waals surface area (Å²) in [6.07, 6.45) is 5.31. The van der Waals surface area contributed by atoms with E-state index in [1.165, 1.54) is 12.7 Å². The maximum atomic E-state index is 11.3. The van der Waals surface area contributed by atoms with Gasteiger partial charge >= 0.3 is 0 Å². The minimum Gasteiger partial charge on any atom is -0.378 e. The van der Waals surface area contributed by atoms with E-state index in [4.69, 9.17) is 4.74 Å².